The third-order valence-corrected chi connectivity index (χ3v) is 5.88. The summed E-state index contributed by atoms with van der Waals surface area (Å²) in [6, 6.07) is 6.43. The lowest BCUT2D eigenvalue weighted by Crippen LogP contribution is -2.37. The SMILES string of the molecule is CCS(=O)(=O)c1ccc(C(=O)N[C@@H]2CCC[C@@H](C)C2)cc1. The van der Waals surface area contributed by atoms with Gasteiger partial charge in [-0.25, -0.2) is 8.42 Å². The van der Waals surface area contributed by atoms with E-state index in [0.717, 1.165) is 19.3 Å². The van der Waals surface area contributed by atoms with E-state index in [1.165, 1.54) is 18.6 Å². The fraction of sp³-hybridized carbons (Fsp3) is 0.562. The minimum absolute atomic E-state index is 0.0680. The molecule has 2 atom stereocenters. The van der Waals surface area contributed by atoms with Crippen LogP contribution >= 0.6 is 0 Å². The van der Waals surface area contributed by atoms with Gasteiger partial charge in [0, 0.05) is 11.6 Å². The van der Waals surface area contributed by atoms with Crippen LogP contribution in [-0.2, 0) is 9.84 Å². The number of amides is 1. The minimum atomic E-state index is -3.21. The van der Waals surface area contributed by atoms with E-state index in [9.17, 15) is 13.2 Å². The second kappa shape index (κ2) is 6.60. The summed E-state index contributed by atoms with van der Waals surface area (Å²) in [5.74, 6) is 0.606. The molecule has 4 nitrogen and oxygen atoms in total. The highest BCUT2D eigenvalue weighted by atomic mass is 32.2. The summed E-state index contributed by atoms with van der Waals surface area (Å²) < 4.78 is 23.5. The van der Waals surface area contributed by atoms with E-state index in [2.05, 4.69) is 12.2 Å². The number of hydrogen-bond donors (Lipinski definition) is 1. The first kappa shape index (κ1) is 16.0. The Bertz CT molecular complexity index is 592. The Hall–Kier alpha value is -1.36. The average Bonchev–Trinajstić information content (AvgIpc) is 2.47. The largest absolute Gasteiger partial charge is 0.349 e. The van der Waals surface area contributed by atoms with Crippen LogP contribution in [0.1, 0.15) is 49.9 Å². The van der Waals surface area contributed by atoms with Crippen molar-refractivity contribution in [3.05, 3.63) is 29.8 Å². The molecule has 0 bridgehead atoms. The lowest BCUT2D eigenvalue weighted by molar-refractivity contribution is 0.0921. The van der Waals surface area contributed by atoms with Gasteiger partial charge >= 0.3 is 0 Å². The molecule has 0 radical (unpaired) electrons. The maximum Gasteiger partial charge on any atom is 0.251 e. The molecule has 1 N–H and O–H groups in total. The molecule has 0 saturated heterocycles. The summed E-state index contributed by atoms with van der Waals surface area (Å²) >= 11 is 0. The molecule has 1 aliphatic rings. The van der Waals surface area contributed by atoms with Crippen LogP contribution in [-0.4, -0.2) is 26.1 Å². The zero-order valence-electron chi connectivity index (χ0n) is 12.6. The van der Waals surface area contributed by atoms with E-state index >= 15 is 0 Å². The van der Waals surface area contributed by atoms with Gasteiger partial charge in [-0.15, -0.1) is 0 Å². The molecular formula is C16H23NO3S. The predicted molar refractivity (Wildman–Crippen MR) is 83.1 cm³/mol. The normalized spacial score (nSPS) is 22.8. The fourth-order valence-electron chi connectivity index (χ4n) is 2.81. The number of carbonyl (C=O) groups is 1. The monoisotopic (exact) mass is 309 g/mol. The Morgan fingerprint density at radius 3 is 2.48 bits per heavy atom. The van der Waals surface area contributed by atoms with Gasteiger partial charge in [-0.1, -0.05) is 26.7 Å². The highest BCUT2D eigenvalue weighted by molar-refractivity contribution is 7.91. The zero-order chi connectivity index (χ0) is 15.5. The Labute approximate surface area is 126 Å². The van der Waals surface area contributed by atoms with Crippen LogP contribution in [0.5, 0.6) is 0 Å². The Balaban J connectivity index is 2.03. The van der Waals surface area contributed by atoms with Gasteiger partial charge in [-0.05, 0) is 43.0 Å². The van der Waals surface area contributed by atoms with Crippen LogP contribution in [0.2, 0.25) is 0 Å². The summed E-state index contributed by atoms with van der Waals surface area (Å²) in [6.45, 7) is 3.82. The quantitative estimate of drug-likeness (QED) is 0.930. The summed E-state index contributed by atoms with van der Waals surface area (Å²) in [5.41, 5.74) is 0.517. The van der Waals surface area contributed by atoms with Gasteiger partial charge in [0.1, 0.15) is 0 Å². The third kappa shape index (κ3) is 4.06. The van der Waals surface area contributed by atoms with Crippen molar-refractivity contribution < 1.29 is 13.2 Å². The first-order chi connectivity index (χ1) is 9.92. The molecule has 21 heavy (non-hydrogen) atoms. The van der Waals surface area contributed by atoms with Gasteiger partial charge in [-0.2, -0.15) is 0 Å². The Morgan fingerprint density at radius 1 is 1.24 bits per heavy atom. The molecule has 0 aromatic heterocycles. The lowest BCUT2D eigenvalue weighted by Gasteiger charge is -2.27. The number of rotatable bonds is 4. The highest BCUT2D eigenvalue weighted by Gasteiger charge is 2.21. The molecule has 0 heterocycles. The third-order valence-electron chi connectivity index (χ3n) is 4.13. The van der Waals surface area contributed by atoms with Gasteiger partial charge < -0.3 is 5.32 Å². The van der Waals surface area contributed by atoms with Crippen LogP contribution in [0.25, 0.3) is 0 Å². The van der Waals surface area contributed by atoms with Crippen molar-refractivity contribution in [2.24, 2.45) is 5.92 Å². The van der Waals surface area contributed by atoms with Crippen LogP contribution in [0.4, 0.5) is 0 Å². The lowest BCUT2D eigenvalue weighted by atomic mass is 9.87. The summed E-state index contributed by atoms with van der Waals surface area (Å²) in [6.07, 6.45) is 4.43. The van der Waals surface area contributed by atoms with Crippen LogP contribution in [0.3, 0.4) is 0 Å². The fourth-order valence-corrected chi connectivity index (χ4v) is 3.70. The minimum Gasteiger partial charge on any atom is -0.349 e. The van der Waals surface area contributed by atoms with Crippen molar-refractivity contribution in [1.29, 1.82) is 0 Å². The van der Waals surface area contributed by atoms with Crippen molar-refractivity contribution in [3.63, 3.8) is 0 Å². The maximum absolute atomic E-state index is 12.2. The molecular weight excluding hydrogens is 286 g/mol. The van der Waals surface area contributed by atoms with E-state index in [4.69, 9.17) is 0 Å². The highest BCUT2D eigenvalue weighted by Crippen LogP contribution is 2.23. The molecule has 1 saturated carbocycles. The molecule has 0 spiro atoms. The molecule has 0 aliphatic heterocycles. The summed E-state index contributed by atoms with van der Waals surface area (Å²) in [7, 11) is -3.21. The maximum atomic E-state index is 12.2. The van der Waals surface area contributed by atoms with Gasteiger partial charge in [-0.3, -0.25) is 4.79 Å². The number of benzene rings is 1. The molecule has 1 amide bonds. The van der Waals surface area contributed by atoms with E-state index < -0.39 is 9.84 Å². The molecule has 1 aromatic carbocycles. The second-order valence-electron chi connectivity index (χ2n) is 5.87. The van der Waals surface area contributed by atoms with Crippen LogP contribution in [0.15, 0.2) is 29.2 Å². The van der Waals surface area contributed by atoms with Crippen LogP contribution in [0, 0.1) is 5.92 Å². The first-order valence-corrected chi connectivity index (χ1v) is 9.21. The average molecular weight is 309 g/mol. The molecule has 1 fully saturated rings. The molecule has 0 unspecified atom stereocenters. The zero-order valence-corrected chi connectivity index (χ0v) is 13.4. The summed E-state index contributed by atoms with van der Waals surface area (Å²) in [4.78, 5) is 12.5. The first-order valence-electron chi connectivity index (χ1n) is 7.56. The Kier molecular flexibility index (Phi) is 5.04. The predicted octanol–water partition coefficient (Wildman–Crippen LogP) is 2.79. The van der Waals surface area contributed by atoms with E-state index in [-0.39, 0.29) is 22.6 Å². The molecule has 2 rings (SSSR count). The van der Waals surface area contributed by atoms with Gasteiger partial charge in [0.2, 0.25) is 0 Å². The van der Waals surface area contributed by atoms with E-state index in [0.29, 0.717) is 11.5 Å². The Morgan fingerprint density at radius 2 is 1.90 bits per heavy atom. The topological polar surface area (TPSA) is 63.2 Å². The number of hydrogen-bond acceptors (Lipinski definition) is 3. The standard InChI is InChI=1S/C16H23NO3S/c1-3-21(19,20)15-9-7-13(8-10-15)16(18)17-14-6-4-5-12(2)11-14/h7-10,12,14H,3-6,11H2,1-2H3,(H,17,18)/t12-,14-/m1/s1. The van der Waals surface area contributed by atoms with E-state index in [1.807, 2.05) is 0 Å². The molecule has 116 valence electrons. The van der Waals surface area contributed by atoms with Gasteiger partial charge in [0.15, 0.2) is 9.84 Å². The van der Waals surface area contributed by atoms with Gasteiger partial charge in [0.05, 0.1) is 10.6 Å². The van der Waals surface area contributed by atoms with Crippen molar-refractivity contribution in [2.45, 2.75) is 50.5 Å². The van der Waals surface area contributed by atoms with Crippen molar-refractivity contribution >= 4 is 15.7 Å². The smallest absolute Gasteiger partial charge is 0.251 e. The van der Waals surface area contributed by atoms with Crippen molar-refractivity contribution in [3.8, 4) is 0 Å². The van der Waals surface area contributed by atoms with Gasteiger partial charge in [0.25, 0.3) is 5.91 Å². The van der Waals surface area contributed by atoms with E-state index in [1.54, 1.807) is 19.1 Å². The van der Waals surface area contributed by atoms with Crippen LogP contribution < -0.4 is 5.32 Å². The molecule has 5 heteroatoms. The number of sulfone groups is 1. The van der Waals surface area contributed by atoms with Crippen molar-refractivity contribution in [1.82, 2.24) is 5.32 Å². The second-order valence-corrected chi connectivity index (χ2v) is 8.15. The molecule has 1 aliphatic carbocycles. The summed E-state index contributed by atoms with van der Waals surface area (Å²) in [5, 5.41) is 3.05. The van der Waals surface area contributed by atoms with Crippen molar-refractivity contribution in [2.75, 3.05) is 5.75 Å². The molecule has 1 aromatic rings. The number of carbonyl (C=O) groups excluding carboxylic acids is 1. The number of nitrogens with one attached hydrogen (secondary N) is 1.